The van der Waals surface area contributed by atoms with Crippen LogP contribution in [0.5, 0.6) is 0 Å². The molecule has 2 aromatic heterocycles. The number of likely N-dealkylation sites (tertiary alicyclic amines) is 1. The number of carbonyl (C=O) groups excluding carboxylic acids is 1. The molecule has 4 rings (SSSR count). The van der Waals surface area contributed by atoms with Crippen molar-refractivity contribution in [2.24, 2.45) is 5.92 Å². The topological polar surface area (TPSA) is 85.3 Å². The molecule has 0 spiro atoms. The van der Waals surface area contributed by atoms with Crippen LogP contribution < -0.4 is 0 Å². The minimum Gasteiger partial charge on any atom is -0.361 e. The van der Waals surface area contributed by atoms with Crippen LogP contribution in [0.15, 0.2) is 9.05 Å². The van der Waals surface area contributed by atoms with Crippen molar-refractivity contribution in [2.75, 3.05) is 13.1 Å². The Morgan fingerprint density at radius 2 is 2.04 bits per heavy atom. The highest BCUT2D eigenvalue weighted by Crippen LogP contribution is 2.45. The Labute approximate surface area is 159 Å². The maximum absolute atomic E-state index is 13.0. The van der Waals surface area contributed by atoms with Crippen LogP contribution in [0.2, 0.25) is 0 Å². The number of carbonyl (C=O) groups is 1. The van der Waals surface area contributed by atoms with E-state index in [2.05, 4.69) is 15.3 Å². The van der Waals surface area contributed by atoms with Crippen molar-refractivity contribution in [3.05, 3.63) is 28.7 Å². The van der Waals surface area contributed by atoms with Crippen molar-refractivity contribution in [3.8, 4) is 0 Å². The summed E-state index contributed by atoms with van der Waals surface area (Å²) >= 11 is 0. The average Bonchev–Trinajstić information content (AvgIpc) is 3.25. The number of amides is 1. The molecule has 1 atom stereocenters. The van der Waals surface area contributed by atoms with Crippen LogP contribution in [0.25, 0.3) is 0 Å². The summed E-state index contributed by atoms with van der Waals surface area (Å²) < 4.78 is 10.5. The fourth-order valence-electron chi connectivity index (χ4n) is 4.42. The zero-order valence-corrected chi connectivity index (χ0v) is 16.5. The molecule has 2 aliphatic rings. The van der Waals surface area contributed by atoms with Crippen LogP contribution in [0.3, 0.4) is 0 Å². The molecule has 146 valence electrons. The first kappa shape index (κ1) is 18.2. The fourth-order valence-corrected chi connectivity index (χ4v) is 4.42. The van der Waals surface area contributed by atoms with Gasteiger partial charge in [0.2, 0.25) is 11.8 Å². The van der Waals surface area contributed by atoms with Crippen LogP contribution in [0.4, 0.5) is 0 Å². The number of aromatic nitrogens is 3. The molecule has 7 heteroatoms. The number of hydrogen-bond donors (Lipinski definition) is 0. The van der Waals surface area contributed by atoms with Crippen LogP contribution in [0.1, 0.15) is 67.3 Å². The molecule has 2 fully saturated rings. The monoisotopic (exact) mass is 372 g/mol. The summed E-state index contributed by atoms with van der Waals surface area (Å²) in [7, 11) is 0. The van der Waals surface area contributed by atoms with Gasteiger partial charge in [0.25, 0.3) is 0 Å². The molecule has 0 N–H and O–H groups in total. The van der Waals surface area contributed by atoms with Gasteiger partial charge in [-0.25, -0.2) is 0 Å². The van der Waals surface area contributed by atoms with Crippen LogP contribution in [0, 0.1) is 26.7 Å². The van der Waals surface area contributed by atoms with Gasteiger partial charge in [-0.3, -0.25) is 4.79 Å². The van der Waals surface area contributed by atoms with Gasteiger partial charge in [-0.2, -0.15) is 4.98 Å². The highest BCUT2D eigenvalue weighted by Gasteiger charge is 2.45. The van der Waals surface area contributed by atoms with E-state index in [1.807, 2.05) is 25.7 Å². The van der Waals surface area contributed by atoms with Crippen molar-refractivity contribution in [1.82, 2.24) is 20.2 Å². The van der Waals surface area contributed by atoms with Crippen molar-refractivity contribution < 1.29 is 13.8 Å². The SMILES string of the molecule is Cc1nc(C2(CC3CC3)CCCN(C(=O)CCc3c(C)noc3C)C2)no1. The lowest BCUT2D eigenvalue weighted by Gasteiger charge is -2.41. The summed E-state index contributed by atoms with van der Waals surface area (Å²) in [4.78, 5) is 19.5. The van der Waals surface area contributed by atoms with Gasteiger partial charge in [0.05, 0.1) is 11.1 Å². The Morgan fingerprint density at radius 1 is 1.22 bits per heavy atom. The van der Waals surface area contributed by atoms with E-state index in [9.17, 15) is 4.79 Å². The number of rotatable bonds is 6. The van der Waals surface area contributed by atoms with Crippen LogP contribution in [-0.2, 0) is 16.6 Å². The number of hydrogen-bond acceptors (Lipinski definition) is 6. The second kappa shape index (κ2) is 7.09. The summed E-state index contributed by atoms with van der Waals surface area (Å²) in [6.45, 7) is 7.17. The molecular weight excluding hydrogens is 344 g/mol. The molecule has 0 bridgehead atoms. The first-order chi connectivity index (χ1) is 13.0. The zero-order valence-electron chi connectivity index (χ0n) is 16.5. The minimum atomic E-state index is -0.157. The number of aryl methyl sites for hydroxylation is 3. The third-order valence-corrected chi connectivity index (χ3v) is 6.08. The van der Waals surface area contributed by atoms with Crippen molar-refractivity contribution in [3.63, 3.8) is 0 Å². The summed E-state index contributed by atoms with van der Waals surface area (Å²) in [5, 5.41) is 8.24. The third-order valence-electron chi connectivity index (χ3n) is 6.08. The summed E-state index contributed by atoms with van der Waals surface area (Å²) in [6.07, 6.45) is 6.77. The molecule has 0 aromatic carbocycles. The van der Waals surface area contributed by atoms with Gasteiger partial charge in [0.15, 0.2) is 5.82 Å². The Bertz CT molecular complexity index is 804. The second-order valence-electron chi connectivity index (χ2n) is 8.29. The Balaban J connectivity index is 1.47. The van der Waals surface area contributed by atoms with E-state index in [1.54, 1.807) is 0 Å². The number of piperidine rings is 1. The van der Waals surface area contributed by atoms with Crippen LogP contribution >= 0.6 is 0 Å². The molecule has 3 heterocycles. The average molecular weight is 372 g/mol. The van der Waals surface area contributed by atoms with Gasteiger partial charge in [-0.15, -0.1) is 0 Å². The number of nitrogens with zero attached hydrogens (tertiary/aromatic N) is 4. The molecule has 1 amide bonds. The van der Waals surface area contributed by atoms with Gasteiger partial charge in [-0.1, -0.05) is 23.2 Å². The Hall–Kier alpha value is -2.18. The van der Waals surface area contributed by atoms with Gasteiger partial charge in [0, 0.05) is 32.0 Å². The fraction of sp³-hybridized carbons (Fsp3) is 0.700. The molecule has 1 aliphatic heterocycles. The van der Waals surface area contributed by atoms with E-state index in [0.717, 1.165) is 54.6 Å². The standard InChI is InChI=1S/C20H28N4O3/c1-13-17(14(2)26-22-13)7-8-18(25)24-10-4-9-20(12-24,11-16-5-6-16)19-21-15(3)27-23-19/h16H,4-12H2,1-3H3. The summed E-state index contributed by atoms with van der Waals surface area (Å²) in [6, 6.07) is 0. The van der Waals surface area contributed by atoms with E-state index in [-0.39, 0.29) is 11.3 Å². The molecule has 7 nitrogen and oxygen atoms in total. The molecule has 27 heavy (non-hydrogen) atoms. The second-order valence-corrected chi connectivity index (χ2v) is 8.29. The lowest BCUT2D eigenvalue weighted by atomic mass is 9.74. The summed E-state index contributed by atoms with van der Waals surface area (Å²) in [5.74, 6) is 3.12. The first-order valence-corrected chi connectivity index (χ1v) is 9.97. The first-order valence-electron chi connectivity index (χ1n) is 9.97. The van der Waals surface area contributed by atoms with E-state index in [4.69, 9.17) is 9.05 Å². The lowest BCUT2D eigenvalue weighted by Crippen LogP contribution is -2.49. The van der Waals surface area contributed by atoms with E-state index < -0.39 is 0 Å². The normalized spacial score (nSPS) is 23.0. The van der Waals surface area contributed by atoms with E-state index in [1.165, 1.54) is 12.8 Å². The Kier molecular flexibility index (Phi) is 4.78. The summed E-state index contributed by atoms with van der Waals surface area (Å²) in [5.41, 5.74) is 1.78. The predicted octanol–water partition coefficient (Wildman–Crippen LogP) is 3.28. The largest absolute Gasteiger partial charge is 0.361 e. The van der Waals surface area contributed by atoms with Gasteiger partial charge >= 0.3 is 0 Å². The molecule has 1 saturated carbocycles. The molecule has 1 saturated heterocycles. The van der Waals surface area contributed by atoms with Crippen molar-refractivity contribution in [1.29, 1.82) is 0 Å². The predicted molar refractivity (Wildman–Crippen MR) is 98.2 cm³/mol. The van der Waals surface area contributed by atoms with Gasteiger partial charge < -0.3 is 13.9 Å². The zero-order chi connectivity index (χ0) is 19.0. The van der Waals surface area contributed by atoms with Crippen molar-refractivity contribution in [2.45, 2.75) is 71.1 Å². The van der Waals surface area contributed by atoms with E-state index in [0.29, 0.717) is 25.3 Å². The molecule has 2 aromatic rings. The quantitative estimate of drug-likeness (QED) is 0.773. The molecule has 1 aliphatic carbocycles. The van der Waals surface area contributed by atoms with Crippen molar-refractivity contribution >= 4 is 5.91 Å². The molecule has 1 unspecified atom stereocenters. The van der Waals surface area contributed by atoms with E-state index >= 15 is 0 Å². The highest BCUT2D eigenvalue weighted by molar-refractivity contribution is 5.76. The molecular formula is C20H28N4O3. The smallest absolute Gasteiger partial charge is 0.223 e. The van der Waals surface area contributed by atoms with Gasteiger partial charge in [-0.05, 0) is 45.4 Å². The maximum atomic E-state index is 13.0. The minimum absolute atomic E-state index is 0.157. The van der Waals surface area contributed by atoms with Crippen LogP contribution in [-0.4, -0.2) is 39.2 Å². The molecule has 0 radical (unpaired) electrons. The Morgan fingerprint density at radius 3 is 2.67 bits per heavy atom. The van der Waals surface area contributed by atoms with Gasteiger partial charge in [0.1, 0.15) is 5.76 Å². The maximum Gasteiger partial charge on any atom is 0.223 e. The highest BCUT2D eigenvalue weighted by atomic mass is 16.5. The third kappa shape index (κ3) is 3.77. The lowest BCUT2D eigenvalue weighted by molar-refractivity contribution is -0.133.